The first-order valence-corrected chi connectivity index (χ1v) is 9.03. The van der Waals surface area contributed by atoms with Gasteiger partial charge in [-0.2, -0.15) is 0 Å². The van der Waals surface area contributed by atoms with Crippen LogP contribution in [0.15, 0.2) is 43.0 Å². The van der Waals surface area contributed by atoms with Gasteiger partial charge in [-0.15, -0.1) is 5.10 Å². The van der Waals surface area contributed by atoms with E-state index in [0.29, 0.717) is 5.56 Å². The minimum atomic E-state index is 0.0510. The van der Waals surface area contributed by atoms with Crippen LogP contribution in [0, 0.1) is 6.92 Å². The minimum Gasteiger partial charge on any atom is -0.336 e. The lowest BCUT2D eigenvalue weighted by Crippen LogP contribution is -2.49. The number of imidazole rings is 1. The highest BCUT2D eigenvalue weighted by Gasteiger charge is 2.22. The van der Waals surface area contributed by atoms with Crippen LogP contribution >= 0.6 is 0 Å². The van der Waals surface area contributed by atoms with Gasteiger partial charge in [0.2, 0.25) is 0 Å². The number of nitrogens with zero attached hydrogens (tertiary/aromatic N) is 8. The highest BCUT2D eigenvalue weighted by Crippen LogP contribution is 2.13. The molecule has 3 aromatic rings. The summed E-state index contributed by atoms with van der Waals surface area (Å²) < 4.78 is 3.70. The second-order valence-electron chi connectivity index (χ2n) is 6.61. The van der Waals surface area contributed by atoms with Crippen molar-refractivity contribution in [2.45, 2.75) is 13.5 Å². The minimum absolute atomic E-state index is 0.0510. The third kappa shape index (κ3) is 3.87. The van der Waals surface area contributed by atoms with Crippen molar-refractivity contribution in [2.24, 2.45) is 0 Å². The molecule has 140 valence electrons. The maximum atomic E-state index is 12.9. The van der Waals surface area contributed by atoms with Gasteiger partial charge in [-0.1, -0.05) is 6.07 Å². The van der Waals surface area contributed by atoms with E-state index in [9.17, 15) is 4.79 Å². The number of amides is 1. The average Bonchev–Trinajstić information content (AvgIpc) is 3.38. The Balaban J connectivity index is 1.33. The largest absolute Gasteiger partial charge is 0.336 e. The van der Waals surface area contributed by atoms with Crippen LogP contribution in [0.1, 0.15) is 16.2 Å². The van der Waals surface area contributed by atoms with Crippen molar-refractivity contribution in [3.05, 3.63) is 54.4 Å². The fourth-order valence-electron chi connectivity index (χ4n) is 3.31. The molecule has 4 rings (SSSR count). The smallest absolute Gasteiger partial charge is 0.254 e. The van der Waals surface area contributed by atoms with Crippen LogP contribution in [0.25, 0.3) is 5.69 Å². The van der Waals surface area contributed by atoms with Crippen molar-refractivity contribution >= 4 is 5.91 Å². The topological polar surface area (TPSA) is 85.0 Å². The van der Waals surface area contributed by atoms with Crippen LogP contribution in [-0.2, 0) is 6.54 Å². The summed E-state index contributed by atoms with van der Waals surface area (Å²) in [5.41, 5.74) is 1.44. The molecular weight excluding hydrogens is 344 g/mol. The van der Waals surface area contributed by atoms with Gasteiger partial charge in [0, 0.05) is 57.2 Å². The van der Waals surface area contributed by atoms with E-state index in [1.807, 2.05) is 48.5 Å². The maximum Gasteiger partial charge on any atom is 0.254 e. The molecule has 1 saturated heterocycles. The Kier molecular flexibility index (Phi) is 4.93. The summed E-state index contributed by atoms with van der Waals surface area (Å²) in [6, 6.07) is 7.40. The summed E-state index contributed by atoms with van der Waals surface area (Å²) in [7, 11) is 0. The molecule has 1 aliphatic rings. The zero-order valence-electron chi connectivity index (χ0n) is 15.3. The highest BCUT2D eigenvalue weighted by molar-refractivity contribution is 5.94. The van der Waals surface area contributed by atoms with Crippen LogP contribution in [0.4, 0.5) is 0 Å². The lowest BCUT2D eigenvalue weighted by Gasteiger charge is -2.34. The zero-order chi connectivity index (χ0) is 18.6. The molecule has 0 atom stereocenters. The third-order valence-electron chi connectivity index (χ3n) is 4.95. The van der Waals surface area contributed by atoms with Gasteiger partial charge in [0.15, 0.2) is 0 Å². The molecule has 0 N–H and O–H groups in total. The van der Waals surface area contributed by atoms with Gasteiger partial charge in [0.25, 0.3) is 5.91 Å². The number of carbonyl (C=O) groups is 1. The number of hydrogen-bond acceptors (Lipinski definition) is 6. The molecule has 1 fully saturated rings. The Morgan fingerprint density at radius 1 is 1.15 bits per heavy atom. The molecule has 0 radical (unpaired) electrons. The lowest BCUT2D eigenvalue weighted by molar-refractivity contribution is 0.0633. The van der Waals surface area contributed by atoms with Crippen molar-refractivity contribution in [2.75, 3.05) is 32.7 Å². The number of piperazine rings is 1. The predicted octanol–water partition coefficient (Wildman–Crippen LogP) is 0.625. The molecule has 0 unspecified atom stereocenters. The molecule has 0 saturated carbocycles. The molecule has 3 heterocycles. The number of rotatable bonds is 5. The van der Waals surface area contributed by atoms with Crippen LogP contribution in [0.2, 0.25) is 0 Å². The first-order chi connectivity index (χ1) is 13.2. The van der Waals surface area contributed by atoms with Crippen molar-refractivity contribution in [3.8, 4) is 5.69 Å². The Labute approximate surface area is 157 Å². The van der Waals surface area contributed by atoms with E-state index in [-0.39, 0.29) is 5.91 Å². The van der Waals surface area contributed by atoms with Crippen molar-refractivity contribution in [1.82, 2.24) is 39.6 Å². The SMILES string of the molecule is Cc1nccn1CCN1CCN(C(=O)c2cccc(-n3cnnn3)c2)CC1. The maximum absolute atomic E-state index is 12.9. The third-order valence-corrected chi connectivity index (χ3v) is 4.95. The second-order valence-corrected chi connectivity index (χ2v) is 6.61. The molecule has 27 heavy (non-hydrogen) atoms. The van der Waals surface area contributed by atoms with Crippen LogP contribution in [0.3, 0.4) is 0 Å². The summed E-state index contributed by atoms with van der Waals surface area (Å²) >= 11 is 0. The van der Waals surface area contributed by atoms with Gasteiger partial charge in [0.05, 0.1) is 5.69 Å². The summed E-state index contributed by atoms with van der Waals surface area (Å²) in [6.07, 6.45) is 5.35. The summed E-state index contributed by atoms with van der Waals surface area (Å²) in [4.78, 5) is 21.4. The highest BCUT2D eigenvalue weighted by atomic mass is 16.2. The molecule has 2 aromatic heterocycles. The van der Waals surface area contributed by atoms with Gasteiger partial charge in [-0.3, -0.25) is 9.69 Å². The normalized spacial score (nSPS) is 15.2. The van der Waals surface area contributed by atoms with E-state index in [0.717, 1.165) is 50.8 Å². The Morgan fingerprint density at radius 3 is 2.70 bits per heavy atom. The Hall–Kier alpha value is -3.07. The van der Waals surface area contributed by atoms with Crippen LogP contribution < -0.4 is 0 Å². The molecule has 1 aromatic carbocycles. The van der Waals surface area contributed by atoms with Crippen LogP contribution in [-0.4, -0.2) is 78.2 Å². The molecule has 9 nitrogen and oxygen atoms in total. The number of tetrazole rings is 1. The lowest BCUT2D eigenvalue weighted by atomic mass is 10.1. The Morgan fingerprint density at radius 2 is 2.00 bits per heavy atom. The monoisotopic (exact) mass is 366 g/mol. The van der Waals surface area contributed by atoms with E-state index >= 15 is 0 Å². The predicted molar refractivity (Wildman–Crippen MR) is 98.5 cm³/mol. The van der Waals surface area contributed by atoms with E-state index in [1.165, 1.54) is 6.33 Å². The second kappa shape index (κ2) is 7.67. The summed E-state index contributed by atoms with van der Waals surface area (Å²) in [5, 5.41) is 11.2. The van der Waals surface area contributed by atoms with Gasteiger partial charge in [0.1, 0.15) is 12.2 Å². The molecule has 1 aliphatic heterocycles. The van der Waals surface area contributed by atoms with Gasteiger partial charge < -0.3 is 9.47 Å². The summed E-state index contributed by atoms with van der Waals surface area (Å²) in [5.74, 6) is 1.08. The van der Waals surface area contributed by atoms with Gasteiger partial charge in [-0.25, -0.2) is 9.67 Å². The van der Waals surface area contributed by atoms with E-state index in [4.69, 9.17) is 0 Å². The van der Waals surface area contributed by atoms with Crippen molar-refractivity contribution < 1.29 is 4.79 Å². The zero-order valence-corrected chi connectivity index (χ0v) is 15.3. The molecule has 1 amide bonds. The molecule has 0 bridgehead atoms. The van der Waals surface area contributed by atoms with Gasteiger partial charge in [-0.05, 0) is 35.5 Å². The van der Waals surface area contributed by atoms with E-state index in [1.54, 1.807) is 4.68 Å². The molecule has 0 aliphatic carbocycles. The molecule has 0 spiro atoms. The fraction of sp³-hybridized carbons (Fsp3) is 0.389. The number of carbonyl (C=O) groups excluding carboxylic acids is 1. The number of benzene rings is 1. The van der Waals surface area contributed by atoms with Crippen molar-refractivity contribution in [1.29, 1.82) is 0 Å². The number of aromatic nitrogens is 6. The molecule has 9 heteroatoms. The quantitative estimate of drug-likeness (QED) is 0.658. The van der Waals surface area contributed by atoms with E-state index < -0.39 is 0 Å². The van der Waals surface area contributed by atoms with E-state index in [2.05, 4.69) is 30.0 Å². The first kappa shape index (κ1) is 17.3. The average molecular weight is 366 g/mol. The number of aryl methyl sites for hydroxylation is 1. The fourth-order valence-corrected chi connectivity index (χ4v) is 3.31. The molecular formula is C18H22N8O. The van der Waals surface area contributed by atoms with Gasteiger partial charge >= 0.3 is 0 Å². The van der Waals surface area contributed by atoms with Crippen LogP contribution in [0.5, 0.6) is 0 Å². The summed E-state index contributed by atoms with van der Waals surface area (Å²) in [6.45, 7) is 7.13. The van der Waals surface area contributed by atoms with Crippen molar-refractivity contribution in [3.63, 3.8) is 0 Å². The Bertz CT molecular complexity index is 896. The first-order valence-electron chi connectivity index (χ1n) is 9.03. The standard InChI is InChI=1S/C18H22N8O/c1-15-19-5-6-24(15)10-7-23-8-11-25(12-9-23)18(27)16-3-2-4-17(13-16)26-14-20-21-22-26/h2-6,13-14H,7-12H2,1H3. The number of hydrogen-bond donors (Lipinski definition) is 0.